The first-order valence-corrected chi connectivity index (χ1v) is 13.2. The fourth-order valence-corrected chi connectivity index (χ4v) is 4.85. The van der Waals surface area contributed by atoms with Crippen LogP contribution >= 0.6 is 0 Å². The monoisotopic (exact) mass is 477 g/mol. The average Bonchev–Trinajstić information content (AvgIpc) is 2.91. The Morgan fingerprint density at radius 1 is 0.800 bits per heavy atom. The maximum absolute atomic E-state index is 10.3. The van der Waals surface area contributed by atoms with Crippen molar-refractivity contribution in [3.63, 3.8) is 0 Å². The number of allylic oxidation sites excluding steroid dienone is 2. The molecule has 1 aliphatic carbocycles. The summed E-state index contributed by atoms with van der Waals surface area (Å²) in [5.74, 6) is 0. The predicted octanol–water partition coefficient (Wildman–Crippen LogP) is 5.56. The second kappa shape index (κ2) is 15.7. The fraction of sp³-hybridized carbons (Fsp3) is 0.484. The van der Waals surface area contributed by atoms with E-state index in [0.717, 1.165) is 64.1 Å². The van der Waals surface area contributed by atoms with Crippen LogP contribution in [0.1, 0.15) is 49.7 Å². The van der Waals surface area contributed by atoms with Crippen molar-refractivity contribution in [3.05, 3.63) is 95.6 Å². The summed E-state index contributed by atoms with van der Waals surface area (Å²) in [5, 5.41) is 19.9. The Labute approximate surface area is 211 Å². The second-order valence-corrected chi connectivity index (χ2v) is 9.85. The van der Waals surface area contributed by atoms with Crippen molar-refractivity contribution >= 4 is 0 Å². The molecule has 1 aliphatic rings. The van der Waals surface area contributed by atoms with Crippen molar-refractivity contribution in [2.45, 2.75) is 51.5 Å². The van der Waals surface area contributed by atoms with Crippen LogP contribution < -0.4 is 0 Å². The number of ether oxygens (including phenoxy) is 1. The van der Waals surface area contributed by atoms with Gasteiger partial charge in [-0.15, -0.1) is 0 Å². The molecular formula is C31H43NO3. The van der Waals surface area contributed by atoms with E-state index < -0.39 is 0 Å². The zero-order valence-electron chi connectivity index (χ0n) is 21.2. The molecule has 0 saturated heterocycles. The first kappa shape index (κ1) is 27.3. The number of benzene rings is 2. The van der Waals surface area contributed by atoms with E-state index in [1.807, 2.05) is 12.2 Å². The lowest BCUT2D eigenvalue weighted by Gasteiger charge is -2.37. The molecule has 190 valence electrons. The molecule has 0 radical (unpaired) electrons. The summed E-state index contributed by atoms with van der Waals surface area (Å²) in [6.07, 6.45) is 13.6. The number of rotatable bonds is 17. The smallest absolute Gasteiger partial charge is 0.0645 e. The van der Waals surface area contributed by atoms with Gasteiger partial charge in [0.25, 0.3) is 0 Å². The Hall–Kier alpha value is -2.24. The van der Waals surface area contributed by atoms with E-state index in [-0.39, 0.29) is 18.6 Å². The van der Waals surface area contributed by atoms with Gasteiger partial charge in [0, 0.05) is 31.7 Å². The van der Waals surface area contributed by atoms with Crippen molar-refractivity contribution in [3.8, 4) is 0 Å². The number of aliphatic hydroxyl groups excluding tert-OH is 2. The maximum Gasteiger partial charge on any atom is 0.0645 e. The second-order valence-electron chi connectivity index (χ2n) is 9.85. The number of hydrogen-bond donors (Lipinski definition) is 2. The van der Waals surface area contributed by atoms with Crippen LogP contribution in [0, 0.1) is 5.41 Å². The number of aryl methyl sites for hydroxylation is 1. The van der Waals surface area contributed by atoms with Gasteiger partial charge < -0.3 is 14.9 Å². The van der Waals surface area contributed by atoms with Gasteiger partial charge >= 0.3 is 0 Å². The van der Waals surface area contributed by atoms with Crippen molar-refractivity contribution in [2.24, 2.45) is 5.41 Å². The van der Waals surface area contributed by atoms with Crippen LogP contribution in [-0.4, -0.2) is 54.6 Å². The lowest BCUT2D eigenvalue weighted by atomic mass is 9.78. The van der Waals surface area contributed by atoms with E-state index in [1.54, 1.807) is 0 Å². The van der Waals surface area contributed by atoms with Crippen LogP contribution in [0.5, 0.6) is 0 Å². The van der Waals surface area contributed by atoms with E-state index in [2.05, 4.69) is 71.6 Å². The molecule has 0 saturated carbocycles. The molecule has 0 heterocycles. The topological polar surface area (TPSA) is 52.9 Å². The number of unbranched alkanes of at least 4 members (excludes halogenated alkanes) is 3. The molecule has 1 atom stereocenters. The summed E-state index contributed by atoms with van der Waals surface area (Å²) in [6, 6.07) is 21.2. The molecule has 1 unspecified atom stereocenters. The first-order chi connectivity index (χ1) is 17.2. The van der Waals surface area contributed by atoms with E-state index in [0.29, 0.717) is 6.42 Å². The molecule has 4 heteroatoms. The van der Waals surface area contributed by atoms with Gasteiger partial charge in [-0.3, -0.25) is 4.90 Å². The van der Waals surface area contributed by atoms with Gasteiger partial charge in [0.15, 0.2) is 0 Å². The molecule has 2 aromatic carbocycles. The van der Waals surface area contributed by atoms with E-state index >= 15 is 0 Å². The number of nitrogens with zero attached hydrogens (tertiary/aromatic N) is 1. The molecule has 3 rings (SSSR count). The molecule has 2 N–H and O–H groups in total. The predicted molar refractivity (Wildman–Crippen MR) is 144 cm³/mol. The summed E-state index contributed by atoms with van der Waals surface area (Å²) in [4.78, 5) is 2.47. The molecule has 35 heavy (non-hydrogen) atoms. The molecule has 0 amide bonds. The summed E-state index contributed by atoms with van der Waals surface area (Å²) >= 11 is 0. The molecule has 0 spiro atoms. The SMILES string of the molecule is OCC1=CC=CC(CO)(CN(CCCCCCOCCCc2ccccc2)Cc2ccccc2)C1. The Balaban J connectivity index is 1.36. The molecule has 0 aliphatic heterocycles. The quantitative estimate of drug-likeness (QED) is 0.293. The normalized spacial score (nSPS) is 17.6. The third-order valence-electron chi connectivity index (χ3n) is 6.78. The van der Waals surface area contributed by atoms with Crippen molar-refractivity contribution in [1.82, 2.24) is 4.90 Å². The Morgan fingerprint density at radius 3 is 2.20 bits per heavy atom. The van der Waals surface area contributed by atoms with Gasteiger partial charge in [-0.25, -0.2) is 0 Å². The number of aliphatic hydroxyl groups is 2. The zero-order chi connectivity index (χ0) is 24.6. The van der Waals surface area contributed by atoms with Crippen LogP contribution in [-0.2, 0) is 17.7 Å². The molecule has 2 aromatic rings. The first-order valence-electron chi connectivity index (χ1n) is 13.2. The lowest BCUT2D eigenvalue weighted by Crippen LogP contribution is -2.40. The highest BCUT2D eigenvalue weighted by atomic mass is 16.5. The zero-order valence-corrected chi connectivity index (χ0v) is 21.2. The summed E-state index contributed by atoms with van der Waals surface area (Å²) in [7, 11) is 0. The molecule has 4 nitrogen and oxygen atoms in total. The minimum Gasteiger partial charge on any atom is -0.395 e. The summed E-state index contributed by atoms with van der Waals surface area (Å²) in [5.41, 5.74) is 3.34. The van der Waals surface area contributed by atoms with E-state index in [9.17, 15) is 10.2 Å². The minimum absolute atomic E-state index is 0.0547. The van der Waals surface area contributed by atoms with Gasteiger partial charge in [0.1, 0.15) is 0 Å². The van der Waals surface area contributed by atoms with Crippen LogP contribution in [0.15, 0.2) is 84.5 Å². The highest BCUT2D eigenvalue weighted by molar-refractivity contribution is 5.25. The molecular weight excluding hydrogens is 434 g/mol. The van der Waals surface area contributed by atoms with Crippen LogP contribution in [0.3, 0.4) is 0 Å². The maximum atomic E-state index is 10.3. The Bertz CT molecular complexity index is 881. The third kappa shape index (κ3) is 10.1. The van der Waals surface area contributed by atoms with Crippen molar-refractivity contribution in [1.29, 1.82) is 0 Å². The van der Waals surface area contributed by atoms with Gasteiger partial charge in [0.2, 0.25) is 0 Å². The largest absolute Gasteiger partial charge is 0.395 e. The standard InChI is InChI=1S/C31H43NO3/c33-25-30-17-11-19-31(23-30,27-34)26-32(24-29-15-7-4-8-16-29)20-9-1-2-10-21-35-22-12-18-28-13-5-3-6-14-28/h3-8,11,13-17,19,33-34H,1-2,9-10,12,18,20-27H2. The summed E-state index contributed by atoms with van der Waals surface area (Å²) in [6.45, 7) is 4.49. The van der Waals surface area contributed by atoms with Crippen molar-refractivity contribution < 1.29 is 14.9 Å². The van der Waals surface area contributed by atoms with Crippen molar-refractivity contribution in [2.75, 3.05) is 39.5 Å². The van der Waals surface area contributed by atoms with Gasteiger partial charge in [-0.2, -0.15) is 0 Å². The highest BCUT2D eigenvalue weighted by Gasteiger charge is 2.31. The van der Waals surface area contributed by atoms with Gasteiger partial charge in [0.05, 0.1) is 13.2 Å². The van der Waals surface area contributed by atoms with Crippen LogP contribution in [0.4, 0.5) is 0 Å². The number of hydrogen-bond acceptors (Lipinski definition) is 4. The lowest BCUT2D eigenvalue weighted by molar-refractivity contribution is 0.101. The van der Waals surface area contributed by atoms with E-state index in [4.69, 9.17) is 4.74 Å². The molecule has 0 fully saturated rings. The van der Waals surface area contributed by atoms with E-state index in [1.165, 1.54) is 24.0 Å². The molecule has 0 bridgehead atoms. The Kier molecular flexibility index (Phi) is 12.3. The third-order valence-corrected chi connectivity index (χ3v) is 6.78. The molecule has 0 aromatic heterocycles. The summed E-state index contributed by atoms with van der Waals surface area (Å²) < 4.78 is 5.84. The Morgan fingerprint density at radius 2 is 1.49 bits per heavy atom. The van der Waals surface area contributed by atoms with Crippen LogP contribution in [0.2, 0.25) is 0 Å². The fourth-order valence-electron chi connectivity index (χ4n) is 4.85. The average molecular weight is 478 g/mol. The highest BCUT2D eigenvalue weighted by Crippen LogP contribution is 2.33. The van der Waals surface area contributed by atoms with Crippen LogP contribution in [0.25, 0.3) is 0 Å². The van der Waals surface area contributed by atoms with Gasteiger partial charge in [-0.1, -0.05) is 91.7 Å². The minimum atomic E-state index is -0.324. The van der Waals surface area contributed by atoms with Gasteiger partial charge in [-0.05, 0) is 55.3 Å².